The van der Waals surface area contributed by atoms with Crippen LogP contribution in [0.25, 0.3) is 0 Å². The molecule has 0 fully saturated rings. The fraction of sp³-hybridized carbons (Fsp3) is 0.0588. The van der Waals surface area contributed by atoms with E-state index in [0.717, 1.165) is 22.3 Å². The summed E-state index contributed by atoms with van der Waals surface area (Å²) in [7, 11) is 0. The third kappa shape index (κ3) is 6.25. The smallest absolute Gasteiger partial charge is 0.236 e. The molecule has 5 heteroatoms. The molecule has 0 unspecified atom stereocenters. The molecule has 4 nitrogen and oxygen atoms in total. The van der Waals surface area contributed by atoms with Crippen molar-refractivity contribution in [2.24, 2.45) is 0 Å². The van der Waals surface area contributed by atoms with Crippen LogP contribution in [0.2, 0.25) is 5.02 Å². The zero-order valence-electron chi connectivity index (χ0n) is 21.1. The molecule has 5 rings (SSSR count). The second-order valence-electron chi connectivity index (χ2n) is 9.18. The summed E-state index contributed by atoms with van der Waals surface area (Å²) < 4.78 is 0. The molecule has 2 N–H and O–H groups in total. The van der Waals surface area contributed by atoms with Gasteiger partial charge in [0, 0.05) is 5.69 Å². The van der Waals surface area contributed by atoms with E-state index in [4.69, 9.17) is 11.6 Å². The van der Waals surface area contributed by atoms with Crippen LogP contribution in [0.1, 0.15) is 34.1 Å². The predicted molar refractivity (Wildman–Crippen MR) is 158 cm³/mol. The second-order valence-corrected chi connectivity index (χ2v) is 9.59. The van der Waals surface area contributed by atoms with E-state index in [1.165, 1.54) is 0 Å². The zero-order chi connectivity index (χ0) is 27.0. The third-order valence-corrected chi connectivity index (χ3v) is 6.86. The molecule has 0 spiro atoms. The predicted octanol–water partition coefficient (Wildman–Crippen LogP) is 7.88. The summed E-state index contributed by atoms with van der Waals surface area (Å²) in [6, 6.07) is 43.7. The second kappa shape index (κ2) is 12.2. The summed E-state index contributed by atoms with van der Waals surface area (Å²) in [6.07, 6.45) is 0. The third-order valence-electron chi connectivity index (χ3n) is 6.55. The highest BCUT2D eigenvalue weighted by Gasteiger charge is 2.25. The monoisotopic (exact) mass is 530 g/mol. The maximum Gasteiger partial charge on any atom is 0.236 e. The number of halogens is 1. The Balaban J connectivity index is 1.36. The number of hydrogen-bond donors (Lipinski definition) is 2. The lowest BCUT2D eigenvalue weighted by Crippen LogP contribution is -2.23. The summed E-state index contributed by atoms with van der Waals surface area (Å²) >= 11 is 6.60. The molecule has 5 aromatic rings. The van der Waals surface area contributed by atoms with Crippen molar-refractivity contribution in [3.8, 4) is 0 Å². The van der Waals surface area contributed by atoms with Gasteiger partial charge in [0.1, 0.15) is 0 Å². The van der Waals surface area contributed by atoms with E-state index >= 15 is 0 Å². The zero-order valence-corrected chi connectivity index (χ0v) is 21.9. The number of rotatable bonds is 8. The van der Waals surface area contributed by atoms with Gasteiger partial charge in [-0.25, -0.2) is 0 Å². The van der Waals surface area contributed by atoms with Crippen LogP contribution in [0.4, 0.5) is 11.4 Å². The van der Waals surface area contributed by atoms with Gasteiger partial charge in [-0.05, 0) is 40.5 Å². The maximum absolute atomic E-state index is 13.5. The van der Waals surface area contributed by atoms with Crippen molar-refractivity contribution in [1.82, 2.24) is 0 Å². The van der Waals surface area contributed by atoms with E-state index in [2.05, 4.69) is 10.6 Å². The number of amides is 2. The lowest BCUT2D eigenvalue weighted by Gasteiger charge is -2.20. The number of carbonyl (C=O) groups excluding carboxylic acids is 2. The molecule has 0 saturated heterocycles. The minimum Gasteiger partial charge on any atom is -0.325 e. The van der Waals surface area contributed by atoms with E-state index in [1.807, 2.05) is 121 Å². The van der Waals surface area contributed by atoms with E-state index < -0.39 is 11.8 Å². The molecule has 0 aliphatic rings. The van der Waals surface area contributed by atoms with Gasteiger partial charge in [0.2, 0.25) is 11.8 Å². The molecule has 2 amide bonds. The van der Waals surface area contributed by atoms with Gasteiger partial charge in [0.25, 0.3) is 0 Å². The van der Waals surface area contributed by atoms with Crippen LogP contribution < -0.4 is 10.6 Å². The Labute approximate surface area is 233 Å². The van der Waals surface area contributed by atoms with E-state index in [1.54, 1.807) is 18.2 Å². The van der Waals surface area contributed by atoms with Crippen LogP contribution in [-0.4, -0.2) is 11.8 Å². The molecule has 0 aliphatic carbocycles. The summed E-state index contributed by atoms with van der Waals surface area (Å²) in [5.74, 6) is -1.35. The maximum atomic E-state index is 13.5. The number of nitrogens with one attached hydrogen (secondary N) is 2. The number of anilines is 2. The summed E-state index contributed by atoms with van der Waals surface area (Å²) in [5.41, 5.74) is 4.57. The Morgan fingerprint density at radius 2 is 0.846 bits per heavy atom. The molecule has 192 valence electrons. The topological polar surface area (TPSA) is 58.2 Å². The van der Waals surface area contributed by atoms with E-state index in [-0.39, 0.29) is 11.8 Å². The molecule has 39 heavy (non-hydrogen) atoms. The van der Waals surface area contributed by atoms with Crippen LogP contribution in [-0.2, 0) is 9.59 Å². The van der Waals surface area contributed by atoms with Crippen LogP contribution in [0.15, 0.2) is 140 Å². The summed E-state index contributed by atoms with van der Waals surface area (Å²) in [6.45, 7) is 0. The minimum absolute atomic E-state index is 0.173. The molecule has 5 aromatic carbocycles. The van der Waals surface area contributed by atoms with Crippen LogP contribution >= 0.6 is 11.6 Å². The molecule has 0 bridgehead atoms. The highest BCUT2D eigenvalue weighted by molar-refractivity contribution is 6.34. The standard InChI is InChI=1S/C34H27ClN2O2/c35-29-23-28(36-33(38)31(24-13-5-1-6-14-24)25-15-7-2-8-16-25)21-22-30(29)37-34(39)32(26-17-9-3-10-18-26)27-19-11-4-12-20-27/h1-23,31-32H,(H,36,38)(H,37,39). The van der Waals surface area contributed by atoms with Gasteiger partial charge in [0.15, 0.2) is 0 Å². The van der Waals surface area contributed by atoms with Gasteiger partial charge >= 0.3 is 0 Å². The molecular formula is C34H27ClN2O2. The summed E-state index contributed by atoms with van der Waals surface area (Å²) in [5, 5.41) is 6.31. The van der Waals surface area contributed by atoms with Crippen molar-refractivity contribution in [3.05, 3.63) is 167 Å². The van der Waals surface area contributed by atoms with Crippen molar-refractivity contribution in [1.29, 1.82) is 0 Å². The minimum atomic E-state index is -0.500. The fourth-order valence-corrected chi connectivity index (χ4v) is 4.91. The first-order valence-corrected chi connectivity index (χ1v) is 13.1. The van der Waals surface area contributed by atoms with E-state index in [9.17, 15) is 9.59 Å². The molecule has 0 atom stereocenters. The number of benzene rings is 5. The van der Waals surface area contributed by atoms with Crippen molar-refractivity contribution < 1.29 is 9.59 Å². The Morgan fingerprint density at radius 1 is 0.487 bits per heavy atom. The van der Waals surface area contributed by atoms with Gasteiger partial charge in [-0.3, -0.25) is 9.59 Å². The van der Waals surface area contributed by atoms with Gasteiger partial charge in [-0.15, -0.1) is 0 Å². The van der Waals surface area contributed by atoms with Gasteiger partial charge in [0.05, 0.1) is 22.5 Å². The van der Waals surface area contributed by atoms with Crippen molar-refractivity contribution >= 4 is 34.8 Å². The molecule has 0 heterocycles. The SMILES string of the molecule is O=C(Nc1ccc(NC(=O)C(c2ccccc2)c2ccccc2)c(Cl)c1)C(c1ccccc1)c1ccccc1. The average molecular weight is 531 g/mol. The van der Waals surface area contributed by atoms with Crippen molar-refractivity contribution in [2.75, 3.05) is 10.6 Å². The molecule has 0 aliphatic heterocycles. The van der Waals surface area contributed by atoms with Crippen molar-refractivity contribution in [3.63, 3.8) is 0 Å². The number of hydrogen-bond acceptors (Lipinski definition) is 2. The highest BCUT2D eigenvalue weighted by Crippen LogP contribution is 2.31. The Morgan fingerprint density at radius 3 is 1.21 bits per heavy atom. The Kier molecular flexibility index (Phi) is 8.15. The molecule has 0 radical (unpaired) electrons. The van der Waals surface area contributed by atoms with Crippen molar-refractivity contribution in [2.45, 2.75) is 11.8 Å². The first-order chi connectivity index (χ1) is 19.1. The largest absolute Gasteiger partial charge is 0.325 e. The fourth-order valence-electron chi connectivity index (χ4n) is 4.69. The lowest BCUT2D eigenvalue weighted by atomic mass is 9.90. The highest BCUT2D eigenvalue weighted by atomic mass is 35.5. The molecule has 0 saturated carbocycles. The van der Waals surface area contributed by atoms with Crippen LogP contribution in [0.3, 0.4) is 0 Å². The van der Waals surface area contributed by atoms with Gasteiger partial charge in [-0.2, -0.15) is 0 Å². The summed E-state index contributed by atoms with van der Waals surface area (Å²) in [4.78, 5) is 27.0. The van der Waals surface area contributed by atoms with Gasteiger partial charge in [-0.1, -0.05) is 133 Å². The quantitative estimate of drug-likeness (QED) is 0.214. The van der Waals surface area contributed by atoms with Crippen LogP contribution in [0.5, 0.6) is 0 Å². The molecular weight excluding hydrogens is 504 g/mol. The van der Waals surface area contributed by atoms with Crippen LogP contribution in [0, 0.1) is 0 Å². The first-order valence-electron chi connectivity index (χ1n) is 12.7. The van der Waals surface area contributed by atoms with Gasteiger partial charge < -0.3 is 10.6 Å². The normalized spacial score (nSPS) is 10.8. The number of carbonyl (C=O) groups is 2. The average Bonchev–Trinajstić information content (AvgIpc) is 2.97. The Bertz CT molecular complexity index is 1460. The lowest BCUT2D eigenvalue weighted by molar-refractivity contribution is -0.117. The molecule has 0 aromatic heterocycles. The Hall–Kier alpha value is -4.67. The van der Waals surface area contributed by atoms with E-state index in [0.29, 0.717) is 16.4 Å². The first kappa shape index (κ1) is 26.0.